The Morgan fingerprint density at radius 3 is 1.36 bits per heavy atom. The Hall–Kier alpha value is 2.58. The summed E-state index contributed by atoms with van der Waals surface area (Å²) in [6.45, 7) is 2.23. The van der Waals surface area contributed by atoms with Gasteiger partial charge in [-0.25, -0.2) is 0 Å². The minimum atomic E-state index is -5.39. The van der Waals surface area contributed by atoms with Crippen molar-refractivity contribution in [3.05, 3.63) is 0 Å². The van der Waals surface area contributed by atoms with Gasteiger partial charge < -0.3 is 24.4 Å². The van der Waals surface area contributed by atoms with Gasteiger partial charge >= 0.3 is 94.6 Å². The van der Waals surface area contributed by atoms with Crippen molar-refractivity contribution in [1.29, 1.82) is 0 Å². The fourth-order valence-corrected chi connectivity index (χ4v) is 1.59. The van der Waals surface area contributed by atoms with Crippen molar-refractivity contribution in [3.8, 4) is 0 Å². The van der Waals surface area contributed by atoms with Crippen LogP contribution in [0, 0.1) is 0 Å². The number of hydrogen-bond acceptors (Lipinski definition) is 5. The summed E-state index contributed by atoms with van der Waals surface area (Å²) in [7, 11) is -5.39. The van der Waals surface area contributed by atoms with E-state index in [1.54, 1.807) is 0 Å². The minimum Gasteiger partial charge on any atom is -0.822 e. The normalized spacial score (nSPS) is 9.27. The first kappa shape index (κ1) is 35.6. The Kier molecular flexibility index (Phi) is 41.8. The van der Waals surface area contributed by atoms with Gasteiger partial charge in [0.05, 0.1) is 0 Å². The molecule has 0 fully saturated rings. The molecule has 0 radical (unpaired) electrons. The third kappa shape index (κ3) is 57.0. The zero-order chi connectivity index (χ0) is 15.1. The number of rotatable bonds is 10. The van der Waals surface area contributed by atoms with Gasteiger partial charge in [-0.3, -0.25) is 4.79 Å². The third-order valence-electron chi connectivity index (χ3n) is 2.49. The maximum absolute atomic E-state index is 10.2. The molecule has 0 aromatic rings. The largest absolute Gasteiger partial charge is 1.00 e. The average Bonchev–Trinajstić information content (AvgIpc) is 2.24. The molecule has 0 aliphatic carbocycles. The van der Waals surface area contributed by atoms with Crippen LogP contribution in [0.2, 0.25) is 0 Å². The predicted molar refractivity (Wildman–Crippen MR) is 67.1 cm³/mol. The van der Waals surface area contributed by atoms with E-state index < -0.39 is 13.8 Å². The van der Waals surface area contributed by atoms with Gasteiger partial charge in [-0.05, 0) is 6.42 Å². The molecule has 0 aromatic carbocycles. The smallest absolute Gasteiger partial charge is 0.822 e. The third-order valence-corrected chi connectivity index (χ3v) is 2.49. The quantitative estimate of drug-likeness (QED) is 0.233. The van der Waals surface area contributed by atoms with Crippen LogP contribution < -0.4 is 103 Å². The summed E-state index contributed by atoms with van der Waals surface area (Å²) in [4.78, 5) is 35.9. The van der Waals surface area contributed by atoms with Crippen LogP contribution in [0.1, 0.15) is 71.1 Å². The summed E-state index contributed by atoms with van der Waals surface area (Å²) in [5, 5.41) is 8.41. The van der Waals surface area contributed by atoms with Crippen LogP contribution in [0.5, 0.6) is 0 Å². The molecule has 0 aliphatic heterocycles. The second kappa shape index (κ2) is 25.8. The molecule has 0 saturated carbocycles. The molecule has 0 heterocycles. The Bertz CT molecular complexity index is 255. The molecule has 0 unspecified atom stereocenters. The van der Waals surface area contributed by atoms with Crippen molar-refractivity contribution in [2.24, 2.45) is 0 Å². The molecule has 0 amide bonds. The van der Waals surface area contributed by atoms with E-state index in [1.807, 2.05) is 0 Å². The fraction of sp³-hybridized carbons (Fsp3) is 0.917. The SMILES string of the molecule is CCCCCCCCCCCC(=O)O.O=P([O-])([O-])[O-].[Na+].[Na+].[Na+]. The monoisotopic (exact) mass is 364 g/mol. The van der Waals surface area contributed by atoms with E-state index in [-0.39, 0.29) is 88.7 Å². The molecule has 22 heavy (non-hydrogen) atoms. The van der Waals surface area contributed by atoms with Crippen LogP contribution in [0.25, 0.3) is 0 Å². The first-order valence-corrected chi connectivity index (χ1v) is 8.18. The zero-order valence-electron chi connectivity index (χ0n) is 14.5. The van der Waals surface area contributed by atoms with Gasteiger partial charge in [0.1, 0.15) is 0 Å². The van der Waals surface area contributed by atoms with Crippen molar-refractivity contribution < 1.29 is 118 Å². The summed E-state index contributed by atoms with van der Waals surface area (Å²) >= 11 is 0. The van der Waals surface area contributed by atoms with Gasteiger partial charge in [0.25, 0.3) is 0 Å². The molecule has 0 aliphatic rings. The summed E-state index contributed by atoms with van der Waals surface area (Å²) in [5.41, 5.74) is 0. The van der Waals surface area contributed by atoms with Gasteiger partial charge in [-0.15, -0.1) is 0 Å². The van der Waals surface area contributed by atoms with E-state index in [0.29, 0.717) is 6.42 Å². The Morgan fingerprint density at radius 2 is 1.09 bits per heavy atom. The molecule has 0 atom stereocenters. The Labute approximate surface area is 200 Å². The van der Waals surface area contributed by atoms with E-state index in [9.17, 15) is 4.79 Å². The summed E-state index contributed by atoms with van der Waals surface area (Å²) < 4.78 is 8.55. The van der Waals surface area contributed by atoms with E-state index in [2.05, 4.69) is 6.92 Å². The Balaban J connectivity index is -0.000000105. The van der Waals surface area contributed by atoms with Gasteiger partial charge in [0.15, 0.2) is 0 Å². The second-order valence-corrected chi connectivity index (χ2v) is 5.31. The molecule has 116 valence electrons. The average molecular weight is 364 g/mol. The molecular formula is C12H24Na3O6P. The number of carboxylic acid groups (broad SMARTS) is 1. The van der Waals surface area contributed by atoms with Crippen LogP contribution in [0.4, 0.5) is 0 Å². The maximum atomic E-state index is 10.2. The van der Waals surface area contributed by atoms with Gasteiger partial charge in [0, 0.05) is 6.42 Å². The first-order chi connectivity index (χ1) is 8.77. The van der Waals surface area contributed by atoms with Crippen molar-refractivity contribution in [2.75, 3.05) is 0 Å². The summed E-state index contributed by atoms with van der Waals surface area (Å²) in [6.07, 6.45) is 11.5. The van der Waals surface area contributed by atoms with Crippen LogP contribution in [-0.2, 0) is 9.36 Å². The van der Waals surface area contributed by atoms with Crippen LogP contribution >= 0.6 is 7.82 Å². The predicted octanol–water partition coefficient (Wildman–Crippen LogP) is -7.82. The molecule has 1 N–H and O–H groups in total. The second-order valence-electron chi connectivity index (χ2n) is 4.42. The topological polar surface area (TPSA) is 124 Å². The molecule has 0 spiro atoms. The van der Waals surface area contributed by atoms with Crippen molar-refractivity contribution in [3.63, 3.8) is 0 Å². The molecule has 10 heteroatoms. The molecule has 0 rings (SSSR count). The minimum absolute atomic E-state index is 0. The fourth-order valence-electron chi connectivity index (χ4n) is 1.59. The maximum Gasteiger partial charge on any atom is 1.00 e. The van der Waals surface area contributed by atoms with Gasteiger partial charge in [0.2, 0.25) is 0 Å². The van der Waals surface area contributed by atoms with Crippen LogP contribution in [0.3, 0.4) is 0 Å². The number of carboxylic acids is 1. The van der Waals surface area contributed by atoms with E-state index in [4.69, 9.17) is 24.4 Å². The number of phosphoric acid groups is 1. The Morgan fingerprint density at radius 1 is 0.818 bits per heavy atom. The van der Waals surface area contributed by atoms with Crippen LogP contribution in [0.15, 0.2) is 0 Å². The number of unbranched alkanes of at least 4 members (excludes halogenated alkanes) is 8. The van der Waals surface area contributed by atoms with E-state index >= 15 is 0 Å². The molecule has 6 nitrogen and oxygen atoms in total. The van der Waals surface area contributed by atoms with Gasteiger partial charge in [-0.2, -0.15) is 7.82 Å². The summed E-state index contributed by atoms with van der Waals surface area (Å²) in [5.74, 6) is -0.659. The van der Waals surface area contributed by atoms with Crippen LogP contribution in [-0.4, -0.2) is 11.1 Å². The number of aliphatic carboxylic acids is 1. The number of hydrogen-bond donors (Lipinski definition) is 1. The van der Waals surface area contributed by atoms with E-state index in [1.165, 1.54) is 44.9 Å². The summed E-state index contributed by atoms with van der Waals surface area (Å²) in [6, 6.07) is 0. The number of carbonyl (C=O) groups is 1. The van der Waals surface area contributed by atoms with Crippen molar-refractivity contribution >= 4 is 13.8 Å². The van der Waals surface area contributed by atoms with Gasteiger partial charge in [-0.1, -0.05) is 58.3 Å². The van der Waals surface area contributed by atoms with Crippen molar-refractivity contribution in [1.82, 2.24) is 0 Å². The molecular weight excluding hydrogens is 340 g/mol. The molecule has 0 aromatic heterocycles. The molecule has 0 saturated heterocycles. The zero-order valence-corrected chi connectivity index (χ0v) is 21.4. The van der Waals surface area contributed by atoms with E-state index in [0.717, 1.165) is 12.8 Å². The first-order valence-electron chi connectivity index (χ1n) is 6.72. The standard InChI is InChI=1S/C12H24O2.3Na.H3O4P/c1-2-3-4-5-6-7-8-9-10-11-12(13)14;;;;1-5(2,3)4/h2-11H2,1H3,(H,13,14);;;;(H3,1,2,3,4)/q;3*+1;/p-3. The van der Waals surface area contributed by atoms with Crippen molar-refractivity contribution in [2.45, 2.75) is 71.1 Å². The molecule has 0 bridgehead atoms.